The van der Waals surface area contributed by atoms with Crippen molar-refractivity contribution in [1.29, 1.82) is 0 Å². The Hall–Kier alpha value is -2.70. The number of nitrogens with zero attached hydrogens (tertiary/aromatic N) is 2. The van der Waals surface area contributed by atoms with E-state index in [9.17, 15) is 4.79 Å². The average molecular weight is 477 g/mol. The third-order valence-corrected chi connectivity index (χ3v) is 6.91. The summed E-state index contributed by atoms with van der Waals surface area (Å²) in [4.78, 5) is 17.9. The smallest absolute Gasteiger partial charge is 0.237 e. The van der Waals surface area contributed by atoms with Gasteiger partial charge in [0.2, 0.25) is 5.91 Å². The van der Waals surface area contributed by atoms with E-state index in [0.717, 1.165) is 31.7 Å². The molecule has 0 aliphatic carbocycles. The molecule has 1 heterocycles. The Morgan fingerprint density at radius 1 is 0.824 bits per heavy atom. The standard InChI is InChI=1S/C28H33ClN4O/c29-25-14-8-7-13-24(25)21-31-28(34)26(15-16-30)32-17-19-33(20-18-32)27(22-9-3-1-4-10-22)23-11-5-2-6-12-23/h1-14,26-27H,15-21,30H2,(H,31,34). The summed E-state index contributed by atoms with van der Waals surface area (Å²) in [5, 5.41) is 3.74. The van der Waals surface area contributed by atoms with E-state index in [1.807, 2.05) is 24.3 Å². The fourth-order valence-corrected chi connectivity index (χ4v) is 4.97. The van der Waals surface area contributed by atoms with Crippen molar-refractivity contribution >= 4 is 17.5 Å². The van der Waals surface area contributed by atoms with Crippen LogP contribution in [0.25, 0.3) is 0 Å². The second-order valence-corrected chi connectivity index (χ2v) is 9.11. The van der Waals surface area contributed by atoms with Gasteiger partial charge in [-0.25, -0.2) is 0 Å². The van der Waals surface area contributed by atoms with E-state index in [1.165, 1.54) is 11.1 Å². The summed E-state index contributed by atoms with van der Waals surface area (Å²) >= 11 is 6.26. The summed E-state index contributed by atoms with van der Waals surface area (Å²) in [7, 11) is 0. The molecule has 1 atom stereocenters. The van der Waals surface area contributed by atoms with Crippen LogP contribution in [0.1, 0.15) is 29.2 Å². The largest absolute Gasteiger partial charge is 0.351 e. The number of nitrogens with one attached hydrogen (secondary N) is 1. The molecule has 178 valence electrons. The second-order valence-electron chi connectivity index (χ2n) is 8.70. The van der Waals surface area contributed by atoms with Gasteiger partial charge in [0.15, 0.2) is 0 Å². The van der Waals surface area contributed by atoms with Crippen molar-refractivity contribution in [3.63, 3.8) is 0 Å². The van der Waals surface area contributed by atoms with Crippen LogP contribution in [0.2, 0.25) is 5.02 Å². The van der Waals surface area contributed by atoms with Gasteiger partial charge in [-0.3, -0.25) is 14.6 Å². The number of carbonyl (C=O) groups excluding carboxylic acids is 1. The molecular formula is C28H33ClN4O. The predicted molar refractivity (Wildman–Crippen MR) is 139 cm³/mol. The first-order valence-corrected chi connectivity index (χ1v) is 12.3. The highest BCUT2D eigenvalue weighted by molar-refractivity contribution is 6.31. The van der Waals surface area contributed by atoms with Crippen LogP contribution >= 0.6 is 11.6 Å². The molecule has 3 aromatic rings. The fourth-order valence-electron chi connectivity index (χ4n) is 4.77. The molecule has 1 unspecified atom stereocenters. The number of halogens is 1. The third kappa shape index (κ3) is 6.05. The number of rotatable bonds is 9. The van der Waals surface area contributed by atoms with Gasteiger partial charge in [0.05, 0.1) is 12.1 Å². The molecule has 6 heteroatoms. The highest BCUT2D eigenvalue weighted by Crippen LogP contribution is 2.29. The Balaban J connectivity index is 1.42. The molecule has 1 saturated heterocycles. The lowest BCUT2D eigenvalue weighted by Gasteiger charge is -2.42. The van der Waals surface area contributed by atoms with Gasteiger partial charge in [0.25, 0.3) is 0 Å². The molecule has 0 bridgehead atoms. The van der Waals surface area contributed by atoms with E-state index >= 15 is 0 Å². The first-order chi connectivity index (χ1) is 16.7. The predicted octanol–water partition coefficient (Wildman–Crippen LogP) is 4.08. The van der Waals surface area contributed by atoms with Crippen LogP contribution in [0.5, 0.6) is 0 Å². The molecule has 4 rings (SSSR count). The van der Waals surface area contributed by atoms with E-state index in [4.69, 9.17) is 17.3 Å². The number of carbonyl (C=O) groups is 1. The van der Waals surface area contributed by atoms with Gasteiger partial charge in [-0.1, -0.05) is 90.5 Å². The zero-order chi connectivity index (χ0) is 23.8. The maximum absolute atomic E-state index is 13.1. The van der Waals surface area contributed by atoms with Crippen molar-refractivity contribution in [2.75, 3.05) is 32.7 Å². The fraction of sp³-hybridized carbons (Fsp3) is 0.321. The zero-order valence-corrected chi connectivity index (χ0v) is 20.2. The molecule has 0 saturated carbocycles. The highest BCUT2D eigenvalue weighted by Gasteiger charge is 2.31. The molecule has 1 fully saturated rings. The maximum atomic E-state index is 13.1. The molecule has 0 radical (unpaired) electrons. The van der Waals surface area contributed by atoms with Gasteiger partial charge in [-0.05, 0) is 35.7 Å². The topological polar surface area (TPSA) is 61.6 Å². The van der Waals surface area contributed by atoms with Crippen molar-refractivity contribution in [2.45, 2.75) is 25.0 Å². The minimum Gasteiger partial charge on any atom is -0.351 e. The number of hydrogen-bond donors (Lipinski definition) is 2. The van der Waals surface area contributed by atoms with Crippen LogP contribution < -0.4 is 11.1 Å². The molecule has 3 N–H and O–H groups in total. The minimum atomic E-state index is -0.235. The van der Waals surface area contributed by atoms with Gasteiger partial charge in [0.1, 0.15) is 0 Å². The monoisotopic (exact) mass is 476 g/mol. The van der Waals surface area contributed by atoms with E-state index < -0.39 is 0 Å². The summed E-state index contributed by atoms with van der Waals surface area (Å²) < 4.78 is 0. The Morgan fingerprint density at radius 3 is 1.91 bits per heavy atom. The van der Waals surface area contributed by atoms with E-state index in [-0.39, 0.29) is 18.0 Å². The van der Waals surface area contributed by atoms with Crippen LogP contribution in [0.15, 0.2) is 84.9 Å². The first kappa shape index (κ1) is 24.4. The van der Waals surface area contributed by atoms with Gasteiger partial charge in [-0.2, -0.15) is 0 Å². The van der Waals surface area contributed by atoms with E-state index in [1.54, 1.807) is 0 Å². The van der Waals surface area contributed by atoms with E-state index in [2.05, 4.69) is 75.8 Å². The lowest BCUT2D eigenvalue weighted by molar-refractivity contribution is -0.127. The van der Waals surface area contributed by atoms with Crippen LogP contribution in [0.4, 0.5) is 0 Å². The van der Waals surface area contributed by atoms with Gasteiger partial charge >= 0.3 is 0 Å². The number of hydrogen-bond acceptors (Lipinski definition) is 4. The summed E-state index contributed by atoms with van der Waals surface area (Å²) in [6, 6.07) is 28.9. The molecule has 5 nitrogen and oxygen atoms in total. The molecule has 1 aliphatic heterocycles. The van der Waals surface area contributed by atoms with Gasteiger partial charge < -0.3 is 11.1 Å². The Kier molecular flexibility index (Phi) is 8.72. The van der Waals surface area contributed by atoms with Crippen molar-refractivity contribution < 1.29 is 4.79 Å². The maximum Gasteiger partial charge on any atom is 0.237 e. The zero-order valence-electron chi connectivity index (χ0n) is 19.4. The molecule has 0 spiro atoms. The Labute approximate surface area is 207 Å². The third-order valence-electron chi connectivity index (χ3n) is 6.54. The van der Waals surface area contributed by atoms with Gasteiger partial charge in [-0.15, -0.1) is 0 Å². The van der Waals surface area contributed by atoms with Crippen LogP contribution in [0.3, 0.4) is 0 Å². The van der Waals surface area contributed by atoms with Crippen LogP contribution in [-0.2, 0) is 11.3 Å². The Bertz CT molecular complexity index is 999. The quantitative estimate of drug-likeness (QED) is 0.488. The van der Waals surface area contributed by atoms with E-state index in [0.29, 0.717) is 24.5 Å². The summed E-state index contributed by atoms with van der Waals surface area (Å²) in [5.74, 6) is 0.0153. The lowest BCUT2D eigenvalue weighted by Crippen LogP contribution is -2.55. The number of nitrogens with two attached hydrogens (primary N) is 1. The summed E-state index contributed by atoms with van der Waals surface area (Å²) in [6.07, 6.45) is 0.634. The molecule has 34 heavy (non-hydrogen) atoms. The molecule has 0 aromatic heterocycles. The summed E-state index contributed by atoms with van der Waals surface area (Å²) in [5.41, 5.74) is 9.39. The highest BCUT2D eigenvalue weighted by atomic mass is 35.5. The van der Waals surface area contributed by atoms with Crippen molar-refractivity contribution in [3.05, 3.63) is 107 Å². The van der Waals surface area contributed by atoms with Crippen molar-refractivity contribution in [3.8, 4) is 0 Å². The number of piperazine rings is 1. The summed E-state index contributed by atoms with van der Waals surface area (Å²) in [6.45, 7) is 4.30. The average Bonchev–Trinajstić information content (AvgIpc) is 2.89. The molecule has 1 amide bonds. The van der Waals surface area contributed by atoms with Crippen molar-refractivity contribution in [2.24, 2.45) is 5.73 Å². The van der Waals surface area contributed by atoms with Crippen molar-refractivity contribution in [1.82, 2.24) is 15.1 Å². The van der Waals surface area contributed by atoms with Gasteiger partial charge in [0, 0.05) is 37.7 Å². The minimum absolute atomic E-state index is 0.0153. The SMILES string of the molecule is NCCC(C(=O)NCc1ccccc1Cl)N1CCN(C(c2ccccc2)c2ccccc2)CC1. The van der Waals surface area contributed by atoms with Crippen LogP contribution in [-0.4, -0.2) is 54.5 Å². The second kappa shape index (κ2) is 12.1. The first-order valence-electron chi connectivity index (χ1n) is 12.0. The lowest BCUT2D eigenvalue weighted by atomic mass is 9.96. The molecule has 3 aromatic carbocycles. The molecule has 1 aliphatic rings. The van der Waals surface area contributed by atoms with Crippen LogP contribution in [0, 0.1) is 0 Å². The number of benzene rings is 3. The number of amides is 1. The Morgan fingerprint density at radius 2 is 1.35 bits per heavy atom. The molecular weight excluding hydrogens is 444 g/mol. The normalized spacial score (nSPS) is 15.9.